The molecule has 0 N–H and O–H groups in total. The number of hydrogen-bond acceptors (Lipinski definition) is 5. The number of aryl methyl sites for hydroxylation is 2. The number of Topliss-reactive ketones (excluding diaryl/α,β-unsaturated/α-hetero) is 1. The van der Waals surface area contributed by atoms with E-state index in [9.17, 15) is 4.79 Å². The maximum atomic E-state index is 12.7. The highest BCUT2D eigenvalue weighted by molar-refractivity contribution is 5.84. The Bertz CT molecular complexity index is 1080. The third-order valence-corrected chi connectivity index (χ3v) is 5.85. The van der Waals surface area contributed by atoms with Crippen molar-refractivity contribution in [2.45, 2.75) is 51.4 Å². The normalized spacial score (nSPS) is 14.2. The second-order valence-corrected chi connectivity index (χ2v) is 8.88. The van der Waals surface area contributed by atoms with E-state index < -0.39 is 0 Å². The number of pyridine rings is 1. The molecular weight excluding hydrogens is 378 g/mol. The van der Waals surface area contributed by atoms with Gasteiger partial charge in [0.2, 0.25) is 5.88 Å². The molecule has 1 aliphatic carbocycles. The molecule has 2 aromatic heterocycles. The summed E-state index contributed by atoms with van der Waals surface area (Å²) in [4.78, 5) is 17.3. The van der Waals surface area contributed by atoms with Crippen molar-refractivity contribution in [2.24, 2.45) is 7.05 Å². The molecule has 0 spiro atoms. The van der Waals surface area contributed by atoms with E-state index in [0.29, 0.717) is 18.2 Å². The number of carbonyl (C=O) groups is 1. The summed E-state index contributed by atoms with van der Waals surface area (Å²) in [6.45, 7) is 6.19. The van der Waals surface area contributed by atoms with E-state index in [1.807, 2.05) is 42.1 Å². The summed E-state index contributed by atoms with van der Waals surface area (Å²) < 4.78 is 12.8. The predicted molar refractivity (Wildman–Crippen MR) is 116 cm³/mol. The minimum atomic E-state index is -0.290. The lowest BCUT2D eigenvalue weighted by molar-refractivity contribution is -0.122. The molecule has 0 unspecified atom stereocenters. The summed E-state index contributed by atoms with van der Waals surface area (Å²) in [5.41, 5.74) is 3.85. The number of rotatable bonds is 8. The summed E-state index contributed by atoms with van der Waals surface area (Å²) >= 11 is 0. The fourth-order valence-corrected chi connectivity index (χ4v) is 4.00. The first-order valence-electron chi connectivity index (χ1n) is 10.4. The maximum Gasteiger partial charge on any atom is 0.215 e. The van der Waals surface area contributed by atoms with E-state index in [2.05, 4.69) is 30.9 Å². The molecule has 1 aliphatic rings. The Morgan fingerprint density at radius 3 is 2.57 bits per heavy atom. The fraction of sp³-hybridized carbons (Fsp3) is 0.458. The molecule has 0 atom stereocenters. The van der Waals surface area contributed by atoms with E-state index >= 15 is 0 Å². The molecule has 0 amide bonds. The zero-order chi connectivity index (χ0) is 21.5. The number of methoxy groups -OCH3 is 1. The zero-order valence-electron chi connectivity index (χ0n) is 18.4. The lowest BCUT2D eigenvalue weighted by Crippen LogP contribution is -2.25. The van der Waals surface area contributed by atoms with Gasteiger partial charge in [-0.05, 0) is 48.4 Å². The molecule has 2 heterocycles. The van der Waals surface area contributed by atoms with Crippen LogP contribution in [0.3, 0.4) is 0 Å². The van der Waals surface area contributed by atoms with Crippen LogP contribution in [0.5, 0.6) is 11.6 Å². The van der Waals surface area contributed by atoms with E-state index in [0.717, 1.165) is 33.6 Å². The lowest BCUT2D eigenvalue weighted by Gasteiger charge is -2.24. The van der Waals surface area contributed by atoms with Crippen LogP contribution >= 0.6 is 0 Å². The standard InChI is InChI=1S/C24H29N3O3/c1-15-12-20(25-23-21(15)22(16-6-7-16)26-27(23)4)30-14-18(28)13-24(2,3)17-8-10-19(29-5)11-9-17/h8-12,16H,6-7,13-14H2,1-5H3. The number of ether oxygens (including phenoxy) is 2. The van der Waals surface area contributed by atoms with Crippen molar-refractivity contribution >= 4 is 16.8 Å². The molecule has 3 aromatic rings. The molecule has 6 nitrogen and oxygen atoms in total. The van der Waals surface area contributed by atoms with Crippen LogP contribution in [-0.4, -0.2) is 34.3 Å². The number of fused-ring (bicyclic) bond motifs is 1. The Morgan fingerprint density at radius 1 is 1.23 bits per heavy atom. The van der Waals surface area contributed by atoms with Crippen LogP contribution in [0.15, 0.2) is 30.3 Å². The number of aromatic nitrogens is 3. The van der Waals surface area contributed by atoms with Gasteiger partial charge < -0.3 is 9.47 Å². The van der Waals surface area contributed by atoms with Crippen LogP contribution in [-0.2, 0) is 17.3 Å². The summed E-state index contributed by atoms with van der Waals surface area (Å²) in [6.07, 6.45) is 2.78. The summed E-state index contributed by atoms with van der Waals surface area (Å²) in [7, 11) is 3.55. The van der Waals surface area contributed by atoms with Crippen molar-refractivity contribution in [2.75, 3.05) is 13.7 Å². The van der Waals surface area contributed by atoms with Crippen LogP contribution in [0, 0.1) is 6.92 Å². The molecule has 158 valence electrons. The molecule has 0 radical (unpaired) electrons. The van der Waals surface area contributed by atoms with E-state index in [1.54, 1.807) is 7.11 Å². The topological polar surface area (TPSA) is 66.2 Å². The molecular formula is C24H29N3O3. The van der Waals surface area contributed by atoms with E-state index in [1.165, 1.54) is 12.8 Å². The summed E-state index contributed by atoms with van der Waals surface area (Å²) in [5.74, 6) is 1.88. The highest BCUT2D eigenvalue weighted by Gasteiger charge is 2.30. The Hall–Kier alpha value is -2.89. The lowest BCUT2D eigenvalue weighted by atomic mass is 9.80. The van der Waals surface area contributed by atoms with Crippen LogP contribution in [0.4, 0.5) is 0 Å². The van der Waals surface area contributed by atoms with Gasteiger partial charge in [-0.25, -0.2) is 0 Å². The Morgan fingerprint density at radius 2 is 1.93 bits per heavy atom. The van der Waals surface area contributed by atoms with Gasteiger partial charge in [0.15, 0.2) is 11.4 Å². The third kappa shape index (κ3) is 4.04. The minimum absolute atomic E-state index is 0.00483. The van der Waals surface area contributed by atoms with Gasteiger partial charge in [0.25, 0.3) is 0 Å². The average molecular weight is 408 g/mol. The number of hydrogen-bond donors (Lipinski definition) is 0. The van der Waals surface area contributed by atoms with Gasteiger partial charge in [0, 0.05) is 30.8 Å². The molecule has 1 fully saturated rings. The number of ketones is 1. The van der Waals surface area contributed by atoms with Crippen molar-refractivity contribution in [1.82, 2.24) is 14.8 Å². The van der Waals surface area contributed by atoms with Crippen LogP contribution < -0.4 is 9.47 Å². The molecule has 0 bridgehead atoms. The molecule has 1 aromatic carbocycles. The predicted octanol–water partition coefficient (Wildman–Crippen LogP) is 4.48. The van der Waals surface area contributed by atoms with Crippen LogP contribution in [0.25, 0.3) is 11.0 Å². The quantitative estimate of drug-likeness (QED) is 0.551. The second-order valence-electron chi connectivity index (χ2n) is 8.88. The van der Waals surface area contributed by atoms with Crippen molar-refractivity contribution in [1.29, 1.82) is 0 Å². The van der Waals surface area contributed by atoms with Crippen molar-refractivity contribution in [3.8, 4) is 11.6 Å². The molecule has 0 saturated heterocycles. The highest BCUT2D eigenvalue weighted by Crippen LogP contribution is 2.43. The van der Waals surface area contributed by atoms with E-state index in [4.69, 9.17) is 9.47 Å². The van der Waals surface area contributed by atoms with Gasteiger partial charge in [0.1, 0.15) is 12.4 Å². The minimum Gasteiger partial charge on any atom is -0.497 e. The maximum absolute atomic E-state index is 12.7. The first-order valence-corrected chi connectivity index (χ1v) is 10.4. The smallest absolute Gasteiger partial charge is 0.215 e. The Balaban J connectivity index is 1.44. The molecule has 4 rings (SSSR count). The first kappa shape index (κ1) is 20.4. The second kappa shape index (κ2) is 7.74. The van der Waals surface area contributed by atoms with Gasteiger partial charge >= 0.3 is 0 Å². The molecule has 1 saturated carbocycles. The highest BCUT2D eigenvalue weighted by atomic mass is 16.5. The van der Waals surface area contributed by atoms with Crippen molar-refractivity contribution in [3.63, 3.8) is 0 Å². The molecule has 6 heteroatoms. The van der Waals surface area contributed by atoms with E-state index in [-0.39, 0.29) is 17.8 Å². The largest absolute Gasteiger partial charge is 0.497 e. The van der Waals surface area contributed by atoms with Gasteiger partial charge in [-0.2, -0.15) is 10.1 Å². The molecule has 30 heavy (non-hydrogen) atoms. The zero-order valence-corrected chi connectivity index (χ0v) is 18.4. The first-order chi connectivity index (χ1) is 14.3. The SMILES string of the molecule is COc1ccc(C(C)(C)CC(=O)COc2cc(C)c3c(C4CC4)nn(C)c3n2)cc1. The summed E-state index contributed by atoms with van der Waals surface area (Å²) in [6, 6.07) is 9.77. The monoisotopic (exact) mass is 407 g/mol. The van der Waals surface area contributed by atoms with Gasteiger partial charge in [0.05, 0.1) is 12.8 Å². The number of carbonyl (C=O) groups excluding carboxylic acids is 1. The molecule has 0 aliphatic heterocycles. The van der Waals surface area contributed by atoms with Crippen LogP contribution in [0.2, 0.25) is 0 Å². The number of nitrogens with zero attached hydrogens (tertiary/aromatic N) is 3. The van der Waals surface area contributed by atoms with Crippen molar-refractivity contribution < 1.29 is 14.3 Å². The average Bonchev–Trinajstić information content (AvgIpc) is 3.50. The Labute approximate surface area is 177 Å². The fourth-order valence-electron chi connectivity index (χ4n) is 4.00. The van der Waals surface area contributed by atoms with Gasteiger partial charge in [-0.15, -0.1) is 0 Å². The Kier molecular flexibility index (Phi) is 5.26. The van der Waals surface area contributed by atoms with Gasteiger partial charge in [-0.1, -0.05) is 26.0 Å². The van der Waals surface area contributed by atoms with Crippen molar-refractivity contribution in [3.05, 3.63) is 47.2 Å². The summed E-state index contributed by atoms with van der Waals surface area (Å²) in [5, 5.41) is 5.79. The third-order valence-electron chi connectivity index (χ3n) is 5.85. The van der Waals surface area contributed by atoms with Gasteiger partial charge in [-0.3, -0.25) is 9.48 Å². The van der Waals surface area contributed by atoms with Crippen LogP contribution in [0.1, 0.15) is 55.8 Å². The number of benzene rings is 1.